The van der Waals surface area contributed by atoms with Crippen LogP contribution < -0.4 is 19.6 Å². The molecule has 0 fully saturated rings. The summed E-state index contributed by atoms with van der Waals surface area (Å²) in [7, 11) is 0. The summed E-state index contributed by atoms with van der Waals surface area (Å²) < 4.78 is 22.4. The molecule has 6 nitrogen and oxygen atoms in total. The zero-order valence-corrected chi connectivity index (χ0v) is 17.9. The van der Waals surface area contributed by atoms with Crippen molar-refractivity contribution in [3.8, 4) is 28.4 Å². The number of hydrogen-bond acceptors (Lipinski definition) is 6. The second-order valence-corrected chi connectivity index (χ2v) is 7.71. The Morgan fingerprint density at radius 3 is 2.41 bits per heavy atom. The van der Waals surface area contributed by atoms with Gasteiger partial charge in [-0.2, -0.15) is 0 Å². The van der Waals surface area contributed by atoms with E-state index in [4.69, 9.17) is 18.6 Å². The van der Waals surface area contributed by atoms with Crippen LogP contribution in [-0.4, -0.2) is 12.8 Å². The summed E-state index contributed by atoms with van der Waals surface area (Å²) in [5.74, 6) is 1.99. The minimum Gasteiger partial charge on any atom is -0.465 e. The van der Waals surface area contributed by atoms with Crippen molar-refractivity contribution in [2.24, 2.45) is 0 Å². The molecular formula is C26H20O6. The minimum atomic E-state index is -0.502. The first-order valence-corrected chi connectivity index (χ1v) is 10.2. The van der Waals surface area contributed by atoms with Crippen LogP contribution in [0.3, 0.4) is 0 Å². The van der Waals surface area contributed by atoms with E-state index >= 15 is 0 Å². The summed E-state index contributed by atoms with van der Waals surface area (Å²) >= 11 is 0. The smallest absolute Gasteiger partial charge is 0.343 e. The largest absolute Gasteiger partial charge is 0.465 e. The lowest BCUT2D eigenvalue weighted by atomic mass is 10.1. The molecule has 0 radical (unpaired) electrons. The molecule has 6 heteroatoms. The first-order chi connectivity index (χ1) is 15.4. The van der Waals surface area contributed by atoms with Crippen LogP contribution in [0.25, 0.3) is 21.9 Å². The summed E-state index contributed by atoms with van der Waals surface area (Å²) in [6.07, 6.45) is 0. The van der Waals surface area contributed by atoms with Gasteiger partial charge in [-0.1, -0.05) is 24.3 Å². The Labute approximate surface area is 184 Å². The molecule has 0 atom stereocenters. The maximum atomic E-state index is 13.1. The Morgan fingerprint density at radius 1 is 0.844 bits per heavy atom. The molecule has 160 valence electrons. The standard InChI is InChI=1S/C26H20O6/c1-14-6-4-5-7-19(14)26(28)32-23-12-18(17-8-9-21-22(11-17)30-13-29-21)10-20(27)24-15(2)31-16(3)25(23)24/h4-12H,13H2,1-3H3. The van der Waals surface area contributed by atoms with Crippen molar-refractivity contribution >= 4 is 16.7 Å². The van der Waals surface area contributed by atoms with Gasteiger partial charge in [-0.3, -0.25) is 4.79 Å². The van der Waals surface area contributed by atoms with Crippen LogP contribution >= 0.6 is 0 Å². The van der Waals surface area contributed by atoms with Crippen molar-refractivity contribution in [2.75, 3.05) is 6.79 Å². The molecular weight excluding hydrogens is 408 g/mol. The van der Waals surface area contributed by atoms with Gasteiger partial charge in [0.1, 0.15) is 17.3 Å². The molecule has 32 heavy (non-hydrogen) atoms. The molecule has 1 aromatic heterocycles. The van der Waals surface area contributed by atoms with Gasteiger partial charge >= 0.3 is 5.97 Å². The summed E-state index contributed by atoms with van der Waals surface area (Å²) in [4.78, 5) is 26.2. The van der Waals surface area contributed by atoms with Crippen LogP contribution in [0.15, 0.2) is 63.8 Å². The highest BCUT2D eigenvalue weighted by Crippen LogP contribution is 2.38. The van der Waals surface area contributed by atoms with E-state index in [1.807, 2.05) is 25.1 Å². The van der Waals surface area contributed by atoms with Crippen LogP contribution in [0.5, 0.6) is 17.2 Å². The van der Waals surface area contributed by atoms with Gasteiger partial charge in [0, 0.05) is 0 Å². The number of carbonyl (C=O) groups excluding carboxylic acids is 1. The van der Waals surface area contributed by atoms with Crippen molar-refractivity contribution in [3.63, 3.8) is 0 Å². The zero-order valence-electron chi connectivity index (χ0n) is 17.9. The first kappa shape index (κ1) is 19.9. The summed E-state index contributed by atoms with van der Waals surface area (Å²) in [6, 6.07) is 15.8. The van der Waals surface area contributed by atoms with Crippen molar-refractivity contribution < 1.29 is 23.4 Å². The van der Waals surface area contributed by atoms with E-state index < -0.39 is 5.97 Å². The molecule has 0 spiro atoms. The predicted octanol–water partition coefficient (Wildman–Crippen LogP) is 5.33. The van der Waals surface area contributed by atoms with E-state index in [-0.39, 0.29) is 18.0 Å². The normalized spacial score (nSPS) is 12.2. The van der Waals surface area contributed by atoms with Gasteiger partial charge in [0.25, 0.3) is 0 Å². The fourth-order valence-corrected chi connectivity index (χ4v) is 4.03. The number of aryl methyl sites for hydroxylation is 3. The fraction of sp³-hybridized carbons (Fsp3) is 0.154. The van der Waals surface area contributed by atoms with Crippen LogP contribution in [0.4, 0.5) is 0 Å². The van der Waals surface area contributed by atoms with E-state index in [9.17, 15) is 9.59 Å². The summed E-state index contributed by atoms with van der Waals surface area (Å²) in [5.41, 5.74) is 2.37. The minimum absolute atomic E-state index is 0.154. The number of benzene rings is 2. The molecule has 4 aromatic rings. The van der Waals surface area contributed by atoms with Crippen molar-refractivity contribution in [2.45, 2.75) is 20.8 Å². The Kier molecular flexibility index (Phi) is 4.70. The fourth-order valence-electron chi connectivity index (χ4n) is 4.03. The van der Waals surface area contributed by atoms with Gasteiger partial charge in [-0.15, -0.1) is 0 Å². The predicted molar refractivity (Wildman–Crippen MR) is 120 cm³/mol. The van der Waals surface area contributed by atoms with E-state index in [0.29, 0.717) is 44.9 Å². The molecule has 5 rings (SSSR count). The lowest BCUT2D eigenvalue weighted by Crippen LogP contribution is -2.10. The van der Waals surface area contributed by atoms with Crippen LogP contribution in [0.1, 0.15) is 27.4 Å². The van der Waals surface area contributed by atoms with Gasteiger partial charge in [0.15, 0.2) is 16.9 Å². The maximum Gasteiger partial charge on any atom is 0.343 e. The maximum absolute atomic E-state index is 13.1. The van der Waals surface area contributed by atoms with Crippen molar-refractivity contribution in [3.05, 3.63) is 87.5 Å². The molecule has 0 N–H and O–H groups in total. The number of hydrogen-bond donors (Lipinski definition) is 0. The van der Waals surface area contributed by atoms with Crippen molar-refractivity contribution in [1.82, 2.24) is 0 Å². The van der Waals surface area contributed by atoms with E-state index in [1.54, 1.807) is 44.2 Å². The summed E-state index contributed by atoms with van der Waals surface area (Å²) in [6.45, 7) is 5.48. The molecule has 0 unspecified atom stereocenters. The van der Waals surface area contributed by atoms with Gasteiger partial charge in [0.2, 0.25) is 6.79 Å². The summed E-state index contributed by atoms with van der Waals surface area (Å²) in [5, 5.41) is 0.878. The third kappa shape index (κ3) is 3.30. The third-order valence-electron chi connectivity index (χ3n) is 5.60. The van der Waals surface area contributed by atoms with Crippen LogP contribution in [0.2, 0.25) is 0 Å². The lowest BCUT2D eigenvalue weighted by molar-refractivity contribution is 0.0736. The quantitative estimate of drug-likeness (QED) is 0.411. The molecule has 1 aliphatic rings. The van der Waals surface area contributed by atoms with Gasteiger partial charge in [-0.05, 0) is 67.8 Å². The highest BCUT2D eigenvalue weighted by atomic mass is 16.7. The Morgan fingerprint density at radius 2 is 1.59 bits per heavy atom. The molecule has 3 aromatic carbocycles. The lowest BCUT2D eigenvalue weighted by Gasteiger charge is -2.08. The zero-order chi connectivity index (χ0) is 22.4. The number of rotatable bonds is 3. The number of esters is 1. The van der Waals surface area contributed by atoms with Crippen LogP contribution in [-0.2, 0) is 0 Å². The number of carbonyl (C=O) groups is 1. The van der Waals surface area contributed by atoms with Crippen LogP contribution in [0, 0.1) is 20.8 Å². The van der Waals surface area contributed by atoms with E-state index in [1.165, 1.54) is 6.07 Å². The molecule has 1 aliphatic heterocycles. The second kappa shape index (κ2) is 7.57. The number of furan rings is 1. The van der Waals surface area contributed by atoms with E-state index in [0.717, 1.165) is 11.1 Å². The van der Waals surface area contributed by atoms with Gasteiger partial charge in [-0.25, -0.2) is 4.79 Å². The highest BCUT2D eigenvalue weighted by molar-refractivity contribution is 5.98. The molecule has 0 aliphatic carbocycles. The Balaban J connectivity index is 1.72. The molecule has 0 amide bonds. The average molecular weight is 428 g/mol. The van der Waals surface area contributed by atoms with Gasteiger partial charge < -0.3 is 18.6 Å². The Hall–Kier alpha value is -4.06. The first-order valence-electron chi connectivity index (χ1n) is 10.2. The third-order valence-corrected chi connectivity index (χ3v) is 5.60. The molecule has 2 heterocycles. The van der Waals surface area contributed by atoms with Crippen molar-refractivity contribution in [1.29, 1.82) is 0 Å². The van der Waals surface area contributed by atoms with Gasteiger partial charge in [0.05, 0.1) is 16.3 Å². The monoisotopic (exact) mass is 428 g/mol. The SMILES string of the molecule is Cc1ccccc1C(=O)Oc1cc(-c2ccc3c(c2)OCO3)cc(=O)c2c(C)oc(C)c12. The highest BCUT2D eigenvalue weighted by Gasteiger charge is 2.21. The molecule has 0 bridgehead atoms. The molecule has 0 saturated heterocycles. The average Bonchev–Trinajstić information content (AvgIpc) is 3.31. The topological polar surface area (TPSA) is 75.0 Å². The molecule has 0 saturated carbocycles. The Bertz CT molecular complexity index is 1450. The number of ether oxygens (including phenoxy) is 3. The van der Waals surface area contributed by atoms with E-state index in [2.05, 4.69) is 0 Å². The second-order valence-electron chi connectivity index (χ2n) is 7.71. The number of fused-ring (bicyclic) bond motifs is 2.